The van der Waals surface area contributed by atoms with Crippen LogP contribution in [-0.2, 0) is 4.74 Å². The van der Waals surface area contributed by atoms with Crippen LogP contribution in [0.4, 0.5) is 5.69 Å². The number of nitrogens with zero attached hydrogens (tertiary/aromatic N) is 1. The summed E-state index contributed by atoms with van der Waals surface area (Å²) < 4.78 is 5.26. The summed E-state index contributed by atoms with van der Waals surface area (Å²) in [5, 5.41) is 0. The first-order valence-electron chi connectivity index (χ1n) is 6.66. The highest BCUT2D eigenvalue weighted by Crippen LogP contribution is 2.21. The molecule has 18 heavy (non-hydrogen) atoms. The normalized spacial score (nSPS) is 14.3. The lowest BCUT2D eigenvalue weighted by Crippen LogP contribution is -2.46. The van der Waals surface area contributed by atoms with E-state index in [0.29, 0.717) is 18.5 Å². The summed E-state index contributed by atoms with van der Waals surface area (Å²) in [6.07, 6.45) is 0. The van der Waals surface area contributed by atoms with E-state index >= 15 is 0 Å². The monoisotopic (exact) mass is 250 g/mol. The average Bonchev–Trinajstić information content (AvgIpc) is 2.35. The molecule has 1 aromatic carbocycles. The summed E-state index contributed by atoms with van der Waals surface area (Å²) >= 11 is 0. The highest BCUT2D eigenvalue weighted by atomic mass is 16.5. The Balaban J connectivity index is 2.92. The van der Waals surface area contributed by atoms with Gasteiger partial charge in [-0.05, 0) is 31.5 Å². The van der Waals surface area contributed by atoms with Gasteiger partial charge in [0.1, 0.15) is 0 Å². The number of hydrogen-bond acceptors (Lipinski definition) is 3. The molecule has 0 aromatic heterocycles. The molecule has 0 saturated heterocycles. The predicted molar refractivity (Wildman–Crippen MR) is 78.1 cm³/mol. The third-order valence-electron chi connectivity index (χ3n) is 3.40. The highest BCUT2D eigenvalue weighted by molar-refractivity contribution is 5.49. The molecule has 102 valence electrons. The van der Waals surface area contributed by atoms with Crippen molar-refractivity contribution in [2.75, 3.05) is 31.7 Å². The standard InChI is InChI=1S/C15H26N2O/c1-5-17(14-8-6-7-12(2)9-14)15(10-16)13(3)11-18-4/h6-9,13,15H,5,10-11,16H2,1-4H3. The Kier molecular flexibility index (Phi) is 6.16. The lowest BCUT2D eigenvalue weighted by atomic mass is 10.00. The van der Waals surface area contributed by atoms with Crippen LogP contribution in [-0.4, -0.2) is 32.8 Å². The fraction of sp³-hybridized carbons (Fsp3) is 0.600. The number of hydrogen-bond donors (Lipinski definition) is 1. The lowest BCUT2D eigenvalue weighted by Gasteiger charge is -2.36. The van der Waals surface area contributed by atoms with E-state index < -0.39 is 0 Å². The van der Waals surface area contributed by atoms with Crippen molar-refractivity contribution in [3.63, 3.8) is 0 Å². The minimum absolute atomic E-state index is 0.316. The van der Waals surface area contributed by atoms with Crippen LogP contribution in [0.15, 0.2) is 24.3 Å². The molecule has 2 N–H and O–H groups in total. The maximum atomic E-state index is 5.96. The van der Waals surface area contributed by atoms with Crippen LogP contribution in [0.3, 0.4) is 0 Å². The number of likely N-dealkylation sites (N-methyl/N-ethyl adjacent to an activating group) is 1. The van der Waals surface area contributed by atoms with Crippen molar-refractivity contribution >= 4 is 5.69 Å². The molecule has 2 unspecified atom stereocenters. The van der Waals surface area contributed by atoms with Gasteiger partial charge < -0.3 is 15.4 Å². The number of rotatable bonds is 7. The van der Waals surface area contributed by atoms with Crippen LogP contribution in [0.1, 0.15) is 19.4 Å². The molecule has 0 aliphatic rings. The van der Waals surface area contributed by atoms with Gasteiger partial charge in [-0.1, -0.05) is 19.1 Å². The Hall–Kier alpha value is -1.06. The first-order valence-corrected chi connectivity index (χ1v) is 6.66. The van der Waals surface area contributed by atoms with Gasteiger partial charge in [0.2, 0.25) is 0 Å². The summed E-state index contributed by atoms with van der Waals surface area (Å²) in [5.74, 6) is 0.417. The molecule has 0 radical (unpaired) electrons. The second-order valence-electron chi connectivity index (χ2n) is 4.86. The summed E-state index contributed by atoms with van der Waals surface area (Å²) in [6.45, 7) is 8.83. The number of nitrogens with two attached hydrogens (primary N) is 1. The van der Waals surface area contributed by atoms with Gasteiger partial charge in [-0.25, -0.2) is 0 Å². The maximum absolute atomic E-state index is 5.96. The number of ether oxygens (including phenoxy) is 1. The summed E-state index contributed by atoms with van der Waals surface area (Å²) in [4.78, 5) is 2.37. The van der Waals surface area contributed by atoms with E-state index in [2.05, 4.69) is 49.9 Å². The molecule has 0 fully saturated rings. The van der Waals surface area contributed by atoms with Crippen LogP contribution in [0, 0.1) is 12.8 Å². The van der Waals surface area contributed by atoms with E-state index in [9.17, 15) is 0 Å². The molecule has 3 nitrogen and oxygen atoms in total. The topological polar surface area (TPSA) is 38.5 Å². The van der Waals surface area contributed by atoms with Crippen LogP contribution in [0.5, 0.6) is 0 Å². The van der Waals surface area contributed by atoms with Crippen molar-refractivity contribution in [3.8, 4) is 0 Å². The predicted octanol–water partition coefficient (Wildman–Crippen LogP) is 2.43. The Labute approximate surface area is 111 Å². The minimum Gasteiger partial charge on any atom is -0.384 e. The molecule has 0 amide bonds. The molecule has 2 atom stereocenters. The van der Waals surface area contributed by atoms with Crippen LogP contribution in [0.25, 0.3) is 0 Å². The van der Waals surface area contributed by atoms with Crippen molar-refractivity contribution in [2.45, 2.75) is 26.8 Å². The first kappa shape index (κ1) is 15.0. The van der Waals surface area contributed by atoms with Crippen LogP contribution < -0.4 is 10.6 Å². The van der Waals surface area contributed by atoms with E-state index in [-0.39, 0.29) is 0 Å². The van der Waals surface area contributed by atoms with Gasteiger partial charge in [-0.3, -0.25) is 0 Å². The molecule has 0 saturated carbocycles. The molecule has 3 heteroatoms. The number of aryl methyl sites for hydroxylation is 1. The first-order chi connectivity index (χ1) is 8.63. The Morgan fingerprint density at radius 3 is 2.61 bits per heavy atom. The fourth-order valence-corrected chi connectivity index (χ4v) is 2.46. The molecule has 0 bridgehead atoms. The van der Waals surface area contributed by atoms with Crippen LogP contribution in [0.2, 0.25) is 0 Å². The van der Waals surface area contributed by atoms with Gasteiger partial charge in [-0.2, -0.15) is 0 Å². The zero-order valence-electron chi connectivity index (χ0n) is 12.0. The fourth-order valence-electron chi connectivity index (χ4n) is 2.46. The van der Waals surface area contributed by atoms with Gasteiger partial charge in [0.25, 0.3) is 0 Å². The quantitative estimate of drug-likeness (QED) is 0.807. The molecule has 0 heterocycles. The second kappa shape index (κ2) is 7.39. The number of benzene rings is 1. The summed E-state index contributed by atoms with van der Waals surface area (Å²) in [5.41, 5.74) is 8.48. The zero-order valence-corrected chi connectivity index (χ0v) is 12.0. The smallest absolute Gasteiger partial charge is 0.0507 e. The van der Waals surface area contributed by atoms with Gasteiger partial charge >= 0.3 is 0 Å². The third-order valence-corrected chi connectivity index (χ3v) is 3.40. The van der Waals surface area contributed by atoms with Gasteiger partial charge in [-0.15, -0.1) is 0 Å². The van der Waals surface area contributed by atoms with E-state index in [1.807, 2.05) is 0 Å². The van der Waals surface area contributed by atoms with Gasteiger partial charge in [0.05, 0.1) is 6.61 Å². The molecule has 0 spiro atoms. The second-order valence-corrected chi connectivity index (χ2v) is 4.86. The van der Waals surface area contributed by atoms with E-state index in [4.69, 9.17) is 10.5 Å². The molecular formula is C15H26N2O. The number of methoxy groups -OCH3 is 1. The SMILES string of the molecule is CCN(c1cccc(C)c1)C(CN)C(C)COC. The molecule has 0 aliphatic carbocycles. The van der Waals surface area contributed by atoms with Crippen molar-refractivity contribution in [2.24, 2.45) is 11.7 Å². The molecular weight excluding hydrogens is 224 g/mol. The Bertz CT molecular complexity index is 354. The molecule has 0 aliphatic heterocycles. The van der Waals surface area contributed by atoms with Gasteiger partial charge in [0, 0.05) is 37.8 Å². The van der Waals surface area contributed by atoms with E-state index in [1.54, 1.807) is 7.11 Å². The Morgan fingerprint density at radius 2 is 2.11 bits per heavy atom. The van der Waals surface area contributed by atoms with Crippen molar-refractivity contribution in [1.82, 2.24) is 0 Å². The lowest BCUT2D eigenvalue weighted by molar-refractivity contribution is 0.146. The largest absolute Gasteiger partial charge is 0.384 e. The van der Waals surface area contributed by atoms with Gasteiger partial charge in [0.15, 0.2) is 0 Å². The van der Waals surface area contributed by atoms with E-state index in [1.165, 1.54) is 11.3 Å². The van der Waals surface area contributed by atoms with Crippen molar-refractivity contribution in [3.05, 3.63) is 29.8 Å². The van der Waals surface area contributed by atoms with Crippen molar-refractivity contribution in [1.29, 1.82) is 0 Å². The molecule has 1 rings (SSSR count). The maximum Gasteiger partial charge on any atom is 0.0507 e. The summed E-state index contributed by atoms with van der Waals surface area (Å²) in [7, 11) is 1.74. The number of anilines is 1. The summed E-state index contributed by atoms with van der Waals surface area (Å²) in [6, 6.07) is 8.90. The average molecular weight is 250 g/mol. The van der Waals surface area contributed by atoms with Crippen LogP contribution >= 0.6 is 0 Å². The van der Waals surface area contributed by atoms with Crippen molar-refractivity contribution < 1.29 is 4.74 Å². The highest BCUT2D eigenvalue weighted by Gasteiger charge is 2.22. The third kappa shape index (κ3) is 3.72. The Morgan fingerprint density at radius 1 is 1.39 bits per heavy atom. The van der Waals surface area contributed by atoms with E-state index in [0.717, 1.165) is 13.2 Å². The zero-order chi connectivity index (χ0) is 13.5. The minimum atomic E-state index is 0.316. The molecule has 1 aromatic rings.